The fourth-order valence-electron chi connectivity index (χ4n) is 1.94. The van der Waals surface area contributed by atoms with Gasteiger partial charge in [-0.25, -0.2) is 0 Å². The van der Waals surface area contributed by atoms with Crippen molar-refractivity contribution < 1.29 is 9.53 Å². The Morgan fingerprint density at radius 2 is 1.86 bits per heavy atom. The van der Waals surface area contributed by atoms with E-state index in [2.05, 4.69) is 10.3 Å². The first-order chi connectivity index (χ1) is 10.2. The Morgan fingerprint density at radius 1 is 1.14 bits per heavy atom. The number of amides is 1. The zero-order chi connectivity index (χ0) is 15.1. The maximum atomic E-state index is 11.8. The summed E-state index contributed by atoms with van der Waals surface area (Å²) in [5.74, 6) is 0.876. The Hall–Kier alpha value is -2.36. The second kappa shape index (κ2) is 7.43. The Morgan fingerprint density at radius 3 is 2.48 bits per heavy atom. The maximum absolute atomic E-state index is 11.8. The molecule has 0 bridgehead atoms. The van der Waals surface area contributed by atoms with Gasteiger partial charge in [-0.2, -0.15) is 0 Å². The van der Waals surface area contributed by atoms with Crippen molar-refractivity contribution in [3.05, 3.63) is 59.4 Å². The van der Waals surface area contributed by atoms with Crippen LogP contribution in [0.3, 0.4) is 0 Å². The van der Waals surface area contributed by atoms with E-state index in [4.69, 9.17) is 4.74 Å². The standard InChI is InChI=1S/C17H20N2O2/c1-13-3-4-15(11-18-13)12-19-17(20)10-7-14-5-8-16(21-2)9-6-14/h3-6,8-9,11H,7,10,12H2,1-2H3,(H,19,20). The van der Waals surface area contributed by atoms with Crippen LogP contribution in [-0.4, -0.2) is 18.0 Å². The minimum absolute atomic E-state index is 0.0476. The molecule has 0 radical (unpaired) electrons. The summed E-state index contributed by atoms with van der Waals surface area (Å²) in [6.45, 7) is 2.46. The summed E-state index contributed by atoms with van der Waals surface area (Å²) in [5.41, 5.74) is 3.12. The molecule has 110 valence electrons. The van der Waals surface area contributed by atoms with Gasteiger partial charge in [-0.1, -0.05) is 18.2 Å². The minimum Gasteiger partial charge on any atom is -0.497 e. The number of carbonyl (C=O) groups is 1. The predicted molar refractivity (Wildman–Crippen MR) is 82.1 cm³/mol. The highest BCUT2D eigenvalue weighted by molar-refractivity contribution is 5.76. The van der Waals surface area contributed by atoms with E-state index in [1.54, 1.807) is 13.3 Å². The number of aromatic nitrogens is 1. The Balaban J connectivity index is 1.75. The topological polar surface area (TPSA) is 51.2 Å². The third-order valence-corrected chi connectivity index (χ3v) is 3.26. The zero-order valence-corrected chi connectivity index (χ0v) is 12.4. The summed E-state index contributed by atoms with van der Waals surface area (Å²) in [5, 5.41) is 2.91. The van der Waals surface area contributed by atoms with Crippen LogP contribution in [0, 0.1) is 6.92 Å². The predicted octanol–water partition coefficient (Wildman–Crippen LogP) is 2.65. The molecule has 4 nitrogen and oxygen atoms in total. The van der Waals surface area contributed by atoms with Crippen LogP contribution in [0.15, 0.2) is 42.6 Å². The van der Waals surface area contributed by atoms with E-state index in [9.17, 15) is 4.79 Å². The summed E-state index contributed by atoms with van der Waals surface area (Å²) in [6.07, 6.45) is 2.99. The lowest BCUT2D eigenvalue weighted by atomic mass is 10.1. The van der Waals surface area contributed by atoms with Crippen molar-refractivity contribution >= 4 is 5.91 Å². The third kappa shape index (κ3) is 4.91. The van der Waals surface area contributed by atoms with Crippen molar-refractivity contribution in [2.24, 2.45) is 0 Å². The number of methoxy groups -OCH3 is 1. The number of hydrogen-bond acceptors (Lipinski definition) is 3. The van der Waals surface area contributed by atoms with E-state index in [1.807, 2.05) is 43.3 Å². The molecule has 0 aliphatic heterocycles. The molecular formula is C17H20N2O2. The lowest BCUT2D eigenvalue weighted by molar-refractivity contribution is -0.121. The number of carbonyl (C=O) groups excluding carboxylic acids is 1. The van der Waals surface area contributed by atoms with E-state index < -0.39 is 0 Å². The average molecular weight is 284 g/mol. The van der Waals surface area contributed by atoms with Gasteiger partial charge in [0.2, 0.25) is 5.91 Å². The van der Waals surface area contributed by atoms with Crippen molar-refractivity contribution in [2.45, 2.75) is 26.3 Å². The number of nitrogens with zero attached hydrogens (tertiary/aromatic N) is 1. The zero-order valence-electron chi connectivity index (χ0n) is 12.4. The molecule has 2 rings (SSSR count). The highest BCUT2D eigenvalue weighted by Crippen LogP contribution is 2.12. The normalized spacial score (nSPS) is 10.2. The maximum Gasteiger partial charge on any atom is 0.220 e. The quantitative estimate of drug-likeness (QED) is 0.887. The number of ether oxygens (including phenoxy) is 1. The van der Waals surface area contributed by atoms with Gasteiger partial charge in [-0.05, 0) is 42.7 Å². The third-order valence-electron chi connectivity index (χ3n) is 3.26. The lowest BCUT2D eigenvalue weighted by Crippen LogP contribution is -2.23. The van der Waals surface area contributed by atoms with E-state index in [0.717, 1.165) is 29.0 Å². The van der Waals surface area contributed by atoms with Crippen molar-refractivity contribution in [3.8, 4) is 5.75 Å². The summed E-state index contributed by atoms with van der Waals surface area (Å²) in [4.78, 5) is 16.0. The SMILES string of the molecule is COc1ccc(CCC(=O)NCc2ccc(C)nc2)cc1. The Kier molecular flexibility index (Phi) is 5.32. The molecule has 1 aromatic carbocycles. The molecule has 1 aromatic heterocycles. The van der Waals surface area contributed by atoms with E-state index in [0.29, 0.717) is 13.0 Å². The van der Waals surface area contributed by atoms with Crippen LogP contribution in [0.25, 0.3) is 0 Å². The average Bonchev–Trinajstić information content (AvgIpc) is 2.53. The first kappa shape index (κ1) is 15.0. The molecule has 0 aliphatic carbocycles. The minimum atomic E-state index is 0.0476. The fourth-order valence-corrected chi connectivity index (χ4v) is 1.94. The molecule has 1 amide bonds. The van der Waals surface area contributed by atoms with Gasteiger partial charge in [0.25, 0.3) is 0 Å². The Bertz CT molecular complexity index is 577. The van der Waals surface area contributed by atoms with Gasteiger partial charge in [0.1, 0.15) is 5.75 Å². The summed E-state index contributed by atoms with van der Waals surface area (Å²) in [6, 6.07) is 11.7. The van der Waals surface area contributed by atoms with Crippen LogP contribution in [-0.2, 0) is 17.8 Å². The number of hydrogen-bond donors (Lipinski definition) is 1. The molecule has 0 atom stereocenters. The summed E-state index contributed by atoms with van der Waals surface area (Å²) in [7, 11) is 1.64. The Labute approximate surface area is 125 Å². The molecule has 0 saturated heterocycles. The van der Waals surface area contributed by atoms with E-state index in [-0.39, 0.29) is 5.91 Å². The van der Waals surface area contributed by atoms with Crippen molar-refractivity contribution in [1.82, 2.24) is 10.3 Å². The molecule has 0 spiro atoms. The smallest absolute Gasteiger partial charge is 0.220 e. The molecule has 4 heteroatoms. The molecule has 1 heterocycles. The fraction of sp³-hybridized carbons (Fsp3) is 0.294. The van der Waals surface area contributed by atoms with Crippen LogP contribution in [0.2, 0.25) is 0 Å². The van der Waals surface area contributed by atoms with Gasteiger partial charge in [0.05, 0.1) is 7.11 Å². The van der Waals surface area contributed by atoms with Crippen LogP contribution < -0.4 is 10.1 Å². The van der Waals surface area contributed by atoms with Crippen molar-refractivity contribution in [2.75, 3.05) is 7.11 Å². The lowest BCUT2D eigenvalue weighted by Gasteiger charge is -2.06. The van der Waals surface area contributed by atoms with Gasteiger partial charge in [-0.3, -0.25) is 9.78 Å². The number of nitrogens with one attached hydrogen (secondary N) is 1. The van der Waals surface area contributed by atoms with Crippen LogP contribution >= 0.6 is 0 Å². The van der Waals surface area contributed by atoms with Gasteiger partial charge in [0.15, 0.2) is 0 Å². The highest BCUT2D eigenvalue weighted by Gasteiger charge is 2.03. The van der Waals surface area contributed by atoms with Gasteiger partial charge >= 0.3 is 0 Å². The molecule has 0 fully saturated rings. The molecule has 1 N–H and O–H groups in total. The molecular weight excluding hydrogens is 264 g/mol. The van der Waals surface area contributed by atoms with Crippen molar-refractivity contribution in [1.29, 1.82) is 0 Å². The van der Waals surface area contributed by atoms with Crippen molar-refractivity contribution in [3.63, 3.8) is 0 Å². The molecule has 0 unspecified atom stereocenters. The molecule has 21 heavy (non-hydrogen) atoms. The second-order valence-corrected chi connectivity index (χ2v) is 4.93. The summed E-state index contributed by atoms with van der Waals surface area (Å²) < 4.78 is 5.11. The van der Waals surface area contributed by atoms with Gasteiger partial charge in [-0.15, -0.1) is 0 Å². The van der Waals surface area contributed by atoms with Crippen LogP contribution in [0.5, 0.6) is 5.75 Å². The second-order valence-electron chi connectivity index (χ2n) is 4.93. The first-order valence-electron chi connectivity index (χ1n) is 6.98. The number of aryl methyl sites for hydroxylation is 2. The number of benzene rings is 1. The number of pyridine rings is 1. The van der Waals surface area contributed by atoms with Gasteiger partial charge < -0.3 is 10.1 Å². The monoisotopic (exact) mass is 284 g/mol. The number of rotatable bonds is 6. The molecule has 0 saturated carbocycles. The van der Waals surface area contributed by atoms with Crippen LogP contribution in [0.4, 0.5) is 0 Å². The highest BCUT2D eigenvalue weighted by atomic mass is 16.5. The molecule has 2 aromatic rings. The largest absolute Gasteiger partial charge is 0.497 e. The van der Waals surface area contributed by atoms with Gasteiger partial charge in [0, 0.05) is 24.9 Å². The first-order valence-corrected chi connectivity index (χ1v) is 6.98. The van der Waals surface area contributed by atoms with E-state index >= 15 is 0 Å². The van der Waals surface area contributed by atoms with E-state index in [1.165, 1.54) is 0 Å². The molecule has 0 aliphatic rings. The summed E-state index contributed by atoms with van der Waals surface area (Å²) >= 11 is 0. The van der Waals surface area contributed by atoms with Crippen LogP contribution in [0.1, 0.15) is 23.2 Å².